The van der Waals surface area contributed by atoms with Gasteiger partial charge in [-0.25, -0.2) is 0 Å². The van der Waals surface area contributed by atoms with Crippen LogP contribution in [0.3, 0.4) is 0 Å². The van der Waals surface area contributed by atoms with Crippen molar-refractivity contribution in [3.63, 3.8) is 0 Å². The molecule has 0 bridgehead atoms. The molecule has 168 valence electrons. The number of anilines is 1. The molecule has 7 nitrogen and oxygen atoms in total. The smallest absolute Gasteiger partial charge is 0.270 e. The fourth-order valence-corrected chi connectivity index (χ4v) is 4.40. The van der Waals surface area contributed by atoms with Crippen molar-refractivity contribution in [2.45, 2.75) is 26.2 Å². The molecule has 2 heterocycles. The number of nitrogens with zero attached hydrogens (tertiary/aromatic N) is 2. The van der Waals surface area contributed by atoms with E-state index >= 15 is 0 Å². The van der Waals surface area contributed by atoms with Crippen LogP contribution >= 0.6 is 0 Å². The van der Waals surface area contributed by atoms with Crippen LogP contribution in [0, 0.1) is 6.92 Å². The van der Waals surface area contributed by atoms with E-state index < -0.39 is 0 Å². The van der Waals surface area contributed by atoms with Crippen LogP contribution in [0.5, 0.6) is 11.5 Å². The quantitative estimate of drug-likeness (QED) is 0.616. The first-order valence-electron chi connectivity index (χ1n) is 10.8. The van der Waals surface area contributed by atoms with Gasteiger partial charge in [0.05, 0.1) is 25.4 Å². The second-order valence-corrected chi connectivity index (χ2v) is 8.12. The maximum absolute atomic E-state index is 13.3. The molecule has 1 fully saturated rings. The molecule has 0 atom stereocenters. The molecule has 7 heteroatoms. The van der Waals surface area contributed by atoms with E-state index in [1.807, 2.05) is 48.9 Å². The van der Waals surface area contributed by atoms with Crippen molar-refractivity contribution in [2.75, 3.05) is 32.2 Å². The van der Waals surface area contributed by atoms with Crippen molar-refractivity contribution in [2.24, 2.45) is 7.05 Å². The normalized spacial score (nSPS) is 13.6. The van der Waals surface area contributed by atoms with Crippen molar-refractivity contribution in [1.29, 1.82) is 0 Å². The van der Waals surface area contributed by atoms with E-state index in [1.165, 1.54) is 0 Å². The number of fused-ring (bicyclic) bond motifs is 1. The minimum absolute atomic E-state index is 0.0679. The third-order valence-corrected chi connectivity index (χ3v) is 6.03. The van der Waals surface area contributed by atoms with E-state index in [2.05, 4.69) is 11.4 Å². The lowest BCUT2D eigenvalue weighted by Crippen LogP contribution is -2.31. The Morgan fingerprint density at radius 3 is 2.56 bits per heavy atom. The number of benzene rings is 2. The number of carbonyl (C=O) groups excluding carboxylic acids is 2. The maximum Gasteiger partial charge on any atom is 0.270 e. The van der Waals surface area contributed by atoms with Crippen LogP contribution in [0.2, 0.25) is 0 Å². The molecule has 2 amide bonds. The van der Waals surface area contributed by atoms with Crippen molar-refractivity contribution in [3.05, 3.63) is 53.2 Å². The molecule has 0 aliphatic carbocycles. The minimum atomic E-state index is -0.184. The number of ether oxygens (including phenoxy) is 2. The standard InChI is InChI=1S/C25H29N3O4/c1-16-7-9-19-18(14-16)23(28-13-5-6-22(28)29)24(27(19)2)25(30)26-12-11-17-8-10-20(31-3)21(15-17)32-4/h7-10,14-15H,5-6,11-13H2,1-4H3,(H,26,30). The van der Waals surface area contributed by atoms with E-state index in [1.54, 1.807) is 19.1 Å². The average molecular weight is 436 g/mol. The van der Waals surface area contributed by atoms with Gasteiger partial charge in [-0.3, -0.25) is 9.59 Å². The van der Waals surface area contributed by atoms with E-state index in [0.29, 0.717) is 43.1 Å². The van der Waals surface area contributed by atoms with Gasteiger partial charge in [0, 0.05) is 31.9 Å². The van der Waals surface area contributed by atoms with Crippen LogP contribution in [0.4, 0.5) is 5.69 Å². The zero-order valence-electron chi connectivity index (χ0n) is 19.0. The van der Waals surface area contributed by atoms with Crippen molar-refractivity contribution < 1.29 is 19.1 Å². The molecule has 0 radical (unpaired) electrons. The Balaban J connectivity index is 1.60. The predicted molar refractivity (Wildman–Crippen MR) is 125 cm³/mol. The molecule has 1 aliphatic heterocycles. The molecule has 4 rings (SSSR count). The molecule has 0 unspecified atom stereocenters. The van der Waals surface area contributed by atoms with Crippen LogP contribution in [-0.2, 0) is 18.3 Å². The Hall–Kier alpha value is -3.48. The number of hydrogen-bond acceptors (Lipinski definition) is 4. The lowest BCUT2D eigenvalue weighted by Gasteiger charge is -2.18. The third-order valence-electron chi connectivity index (χ3n) is 6.03. The van der Waals surface area contributed by atoms with Gasteiger partial charge in [-0.05, 0) is 49.6 Å². The molecular formula is C25H29N3O4. The number of carbonyl (C=O) groups is 2. The van der Waals surface area contributed by atoms with Gasteiger partial charge in [0.25, 0.3) is 5.91 Å². The molecule has 0 spiro atoms. The average Bonchev–Trinajstić information content (AvgIpc) is 3.33. The van der Waals surface area contributed by atoms with Crippen LogP contribution < -0.4 is 19.7 Å². The molecule has 2 aromatic carbocycles. The zero-order chi connectivity index (χ0) is 22.8. The number of hydrogen-bond donors (Lipinski definition) is 1. The molecule has 1 N–H and O–H groups in total. The van der Waals surface area contributed by atoms with Gasteiger partial charge < -0.3 is 24.3 Å². The first-order valence-corrected chi connectivity index (χ1v) is 10.8. The fraction of sp³-hybridized carbons (Fsp3) is 0.360. The minimum Gasteiger partial charge on any atom is -0.493 e. The number of nitrogens with one attached hydrogen (secondary N) is 1. The van der Waals surface area contributed by atoms with Gasteiger partial charge in [0.2, 0.25) is 5.91 Å². The highest BCUT2D eigenvalue weighted by molar-refractivity contribution is 6.14. The Kier molecular flexibility index (Phi) is 6.08. The number of aryl methyl sites for hydroxylation is 2. The summed E-state index contributed by atoms with van der Waals surface area (Å²) in [5, 5.41) is 3.98. The Morgan fingerprint density at radius 2 is 1.88 bits per heavy atom. The Labute approximate surface area is 187 Å². The molecule has 0 saturated carbocycles. The number of aromatic nitrogens is 1. The summed E-state index contributed by atoms with van der Waals surface area (Å²) >= 11 is 0. The summed E-state index contributed by atoms with van der Waals surface area (Å²) in [5.41, 5.74) is 4.31. The van der Waals surface area contributed by atoms with Gasteiger partial charge in [0.1, 0.15) is 5.69 Å². The van der Waals surface area contributed by atoms with E-state index in [9.17, 15) is 9.59 Å². The third kappa shape index (κ3) is 3.90. The highest BCUT2D eigenvalue weighted by atomic mass is 16.5. The van der Waals surface area contributed by atoms with Gasteiger partial charge in [0.15, 0.2) is 11.5 Å². The van der Waals surface area contributed by atoms with E-state index in [4.69, 9.17) is 9.47 Å². The molecule has 32 heavy (non-hydrogen) atoms. The summed E-state index contributed by atoms with van der Waals surface area (Å²) in [5.74, 6) is 1.22. The number of rotatable bonds is 7. The zero-order valence-corrected chi connectivity index (χ0v) is 19.0. The largest absolute Gasteiger partial charge is 0.493 e. The van der Waals surface area contributed by atoms with Gasteiger partial charge in [-0.1, -0.05) is 17.7 Å². The van der Waals surface area contributed by atoms with Crippen molar-refractivity contribution in [1.82, 2.24) is 9.88 Å². The highest BCUT2D eigenvalue weighted by Crippen LogP contribution is 2.36. The first-order chi connectivity index (χ1) is 15.4. The molecule has 3 aromatic rings. The summed E-state index contributed by atoms with van der Waals surface area (Å²) in [6, 6.07) is 11.8. The predicted octanol–water partition coefficient (Wildman–Crippen LogP) is 3.60. The number of amides is 2. The second-order valence-electron chi connectivity index (χ2n) is 8.12. The molecule has 1 aromatic heterocycles. The van der Waals surface area contributed by atoms with Crippen LogP contribution in [0.15, 0.2) is 36.4 Å². The van der Waals surface area contributed by atoms with Crippen LogP contribution in [-0.4, -0.2) is 43.7 Å². The Morgan fingerprint density at radius 1 is 1.09 bits per heavy atom. The van der Waals surface area contributed by atoms with Gasteiger partial charge >= 0.3 is 0 Å². The Bertz CT molecular complexity index is 1180. The lowest BCUT2D eigenvalue weighted by molar-refractivity contribution is -0.117. The van der Waals surface area contributed by atoms with Gasteiger partial charge in [-0.15, -0.1) is 0 Å². The molecule has 1 aliphatic rings. The van der Waals surface area contributed by atoms with Crippen LogP contribution in [0.25, 0.3) is 10.9 Å². The van der Waals surface area contributed by atoms with E-state index in [-0.39, 0.29) is 11.8 Å². The molecular weight excluding hydrogens is 406 g/mol. The van der Waals surface area contributed by atoms with E-state index in [0.717, 1.165) is 34.1 Å². The fourth-order valence-electron chi connectivity index (χ4n) is 4.40. The summed E-state index contributed by atoms with van der Waals surface area (Å²) in [6.07, 6.45) is 1.97. The topological polar surface area (TPSA) is 72.8 Å². The number of methoxy groups -OCH3 is 2. The summed E-state index contributed by atoms with van der Waals surface area (Å²) < 4.78 is 12.5. The summed E-state index contributed by atoms with van der Waals surface area (Å²) in [4.78, 5) is 27.6. The van der Waals surface area contributed by atoms with Gasteiger partial charge in [-0.2, -0.15) is 0 Å². The lowest BCUT2D eigenvalue weighted by atomic mass is 10.1. The van der Waals surface area contributed by atoms with Crippen molar-refractivity contribution in [3.8, 4) is 11.5 Å². The summed E-state index contributed by atoms with van der Waals surface area (Å²) in [6.45, 7) is 3.12. The SMILES string of the molecule is COc1ccc(CCNC(=O)c2c(N3CCCC3=O)c3cc(C)ccc3n2C)cc1OC. The monoisotopic (exact) mass is 435 g/mol. The first kappa shape index (κ1) is 21.7. The maximum atomic E-state index is 13.3. The summed E-state index contributed by atoms with van der Waals surface area (Å²) in [7, 11) is 5.09. The second kappa shape index (κ2) is 8.94. The van der Waals surface area contributed by atoms with Crippen molar-refractivity contribution >= 4 is 28.4 Å². The molecule has 1 saturated heterocycles. The van der Waals surface area contributed by atoms with Crippen LogP contribution in [0.1, 0.15) is 34.5 Å². The highest BCUT2D eigenvalue weighted by Gasteiger charge is 2.31.